The zero-order valence-electron chi connectivity index (χ0n) is 21.6. The first-order chi connectivity index (χ1) is 18.3. The second-order valence-electron chi connectivity index (χ2n) is 8.78. The molecule has 17 heteroatoms. The summed E-state index contributed by atoms with van der Waals surface area (Å²) in [7, 11) is 0. The van der Waals surface area contributed by atoms with Gasteiger partial charge in [0, 0.05) is 43.6 Å². The molecule has 0 fully saturated rings. The lowest BCUT2D eigenvalue weighted by Crippen LogP contribution is -2.51. The van der Waals surface area contributed by atoms with Crippen LogP contribution in [0.15, 0.2) is 32.8 Å². The predicted octanol–water partition coefficient (Wildman–Crippen LogP) is -4.71. The Morgan fingerprint density at radius 3 is 2.33 bits per heavy atom. The highest BCUT2D eigenvalue weighted by atomic mass is 16.2. The van der Waals surface area contributed by atoms with Crippen molar-refractivity contribution in [2.24, 2.45) is 11.5 Å². The molecule has 0 spiro atoms. The smallest absolute Gasteiger partial charge is 0.349 e. The largest absolute Gasteiger partial charge is 0.383 e. The van der Waals surface area contributed by atoms with E-state index in [9.17, 15) is 33.6 Å². The Labute approximate surface area is 221 Å². The van der Waals surface area contributed by atoms with Gasteiger partial charge < -0.3 is 32.3 Å². The van der Waals surface area contributed by atoms with Crippen LogP contribution in [-0.4, -0.2) is 91.3 Å². The third-order valence-electron chi connectivity index (χ3n) is 5.38. The van der Waals surface area contributed by atoms with Gasteiger partial charge in [-0.2, -0.15) is 4.98 Å². The molecule has 0 saturated carbocycles. The van der Waals surface area contributed by atoms with E-state index in [4.69, 9.17) is 17.2 Å². The van der Waals surface area contributed by atoms with Crippen molar-refractivity contribution in [2.45, 2.75) is 33.0 Å². The number of nitrogens with zero attached hydrogens (tertiary/aromatic N) is 5. The minimum absolute atomic E-state index is 0.000569. The molecule has 0 aromatic carbocycles. The summed E-state index contributed by atoms with van der Waals surface area (Å²) in [6.07, 6.45) is 2.52. The van der Waals surface area contributed by atoms with E-state index in [0.717, 1.165) is 18.9 Å². The molecule has 212 valence electrons. The predicted molar refractivity (Wildman–Crippen MR) is 138 cm³/mol. The molecule has 1 atom stereocenters. The van der Waals surface area contributed by atoms with Gasteiger partial charge in [-0.05, 0) is 19.9 Å². The van der Waals surface area contributed by atoms with Crippen LogP contribution in [0.1, 0.15) is 12.5 Å². The number of hydrogen-bond donors (Lipinski definition) is 5. The number of aromatic nitrogens is 4. The Hall–Kier alpha value is -4.80. The molecule has 0 aliphatic rings. The van der Waals surface area contributed by atoms with Gasteiger partial charge in [-0.25, -0.2) is 9.59 Å². The summed E-state index contributed by atoms with van der Waals surface area (Å²) in [6.45, 7) is 1.19. The maximum Gasteiger partial charge on any atom is 0.349 e. The van der Waals surface area contributed by atoms with Crippen molar-refractivity contribution >= 4 is 29.4 Å². The molecule has 39 heavy (non-hydrogen) atoms. The standard InChI is InChI=1S/C22H32N10O7/c1-13-7-32(22(39)28-20(13)37)12-19(36)31(9-16(25)33)8-14(2)26-17(34)10-29(6-4-23)18(35)11-30-5-3-15(24)27-21(30)38/h3,5,7,14H,4,6,8-12,23H2,1-2H3,(H2,25,33)(H,26,34)(H2,24,27,38)(H,28,37,39)/t14-/m0/s1. The lowest BCUT2D eigenvalue weighted by molar-refractivity contribution is -0.137. The van der Waals surface area contributed by atoms with Crippen LogP contribution in [0, 0.1) is 6.92 Å². The highest BCUT2D eigenvalue weighted by molar-refractivity contribution is 5.85. The molecule has 17 nitrogen and oxygen atoms in total. The van der Waals surface area contributed by atoms with E-state index in [1.54, 1.807) is 6.92 Å². The van der Waals surface area contributed by atoms with Crippen LogP contribution in [-0.2, 0) is 32.3 Å². The molecule has 0 bridgehead atoms. The van der Waals surface area contributed by atoms with Crippen LogP contribution >= 0.6 is 0 Å². The van der Waals surface area contributed by atoms with Gasteiger partial charge in [0.05, 0.1) is 13.1 Å². The second-order valence-corrected chi connectivity index (χ2v) is 8.78. The number of nitrogens with one attached hydrogen (secondary N) is 2. The van der Waals surface area contributed by atoms with Gasteiger partial charge in [0.15, 0.2) is 0 Å². The van der Waals surface area contributed by atoms with Gasteiger partial charge in [0.2, 0.25) is 23.6 Å². The number of H-pyrrole nitrogens is 1. The number of anilines is 1. The summed E-state index contributed by atoms with van der Waals surface area (Å²) in [5, 5.41) is 2.62. The fourth-order valence-corrected chi connectivity index (χ4v) is 3.55. The Morgan fingerprint density at radius 1 is 1.08 bits per heavy atom. The number of nitrogen functional groups attached to an aromatic ring is 1. The summed E-state index contributed by atoms with van der Waals surface area (Å²) in [5.41, 5.74) is 14.4. The molecule has 0 unspecified atom stereocenters. The first-order valence-corrected chi connectivity index (χ1v) is 11.8. The molecule has 0 aliphatic carbocycles. The number of nitrogens with two attached hydrogens (primary N) is 3. The normalized spacial score (nSPS) is 11.5. The first kappa shape index (κ1) is 30.4. The van der Waals surface area contributed by atoms with Crippen molar-refractivity contribution in [1.29, 1.82) is 0 Å². The monoisotopic (exact) mass is 548 g/mol. The lowest BCUT2D eigenvalue weighted by atomic mass is 10.2. The molecular formula is C22H32N10O7. The third-order valence-corrected chi connectivity index (χ3v) is 5.38. The second kappa shape index (κ2) is 13.7. The Balaban J connectivity index is 2.05. The van der Waals surface area contributed by atoms with Crippen LogP contribution < -0.4 is 39.5 Å². The number of primary amides is 1. The number of aromatic amines is 1. The van der Waals surface area contributed by atoms with Gasteiger partial charge >= 0.3 is 11.4 Å². The van der Waals surface area contributed by atoms with E-state index in [1.165, 1.54) is 25.4 Å². The number of amides is 4. The maximum absolute atomic E-state index is 12.8. The van der Waals surface area contributed by atoms with Crippen LogP contribution in [0.3, 0.4) is 0 Å². The Kier molecular flexibility index (Phi) is 10.7. The van der Waals surface area contributed by atoms with E-state index in [-0.39, 0.29) is 37.6 Å². The van der Waals surface area contributed by atoms with E-state index in [2.05, 4.69) is 15.3 Å². The van der Waals surface area contributed by atoms with E-state index >= 15 is 0 Å². The number of rotatable bonds is 13. The highest BCUT2D eigenvalue weighted by Crippen LogP contribution is 1.99. The van der Waals surface area contributed by atoms with Crippen molar-refractivity contribution in [3.63, 3.8) is 0 Å². The van der Waals surface area contributed by atoms with E-state index in [0.29, 0.717) is 0 Å². The van der Waals surface area contributed by atoms with Crippen LogP contribution in [0.4, 0.5) is 5.82 Å². The molecule has 0 saturated heterocycles. The number of carbonyl (C=O) groups is 4. The summed E-state index contributed by atoms with van der Waals surface area (Å²) in [6, 6.07) is 0.651. The van der Waals surface area contributed by atoms with Crippen molar-refractivity contribution in [3.8, 4) is 0 Å². The minimum Gasteiger partial charge on any atom is -0.383 e. The molecule has 2 heterocycles. The van der Waals surface area contributed by atoms with Gasteiger partial charge in [0.25, 0.3) is 5.56 Å². The van der Waals surface area contributed by atoms with Gasteiger partial charge in [0.1, 0.15) is 18.9 Å². The van der Waals surface area contributed by atoms with Crippen LogP contribution in [0.2, 0.25) is 0 Å². The van der Waals surface area contributed by atoms with Gasteiger partial charge in [-0.3, -0.25) is 38.1 Å². The summed E-state index contributed by atoms with van der Waals surface area (Å²) >= 11 is 0. The lowest BCUT2D eigenvalue weighted by Gasteiger charge is -2.27. The molecule has 2 aromatic rings. The summed E-state index contributed by atoms with van der Waals surface area (Å²) in [5.74, 6) is -2.64. The van der Waals surface area contributed by atoms with Gasteiger partial charge in [-0.1, -0.05) is 0 Å². The fraction of sp³-hybridized carbons (Fsp3) is 0.455. The maximum atomic E-state index is 12.8. The molecule has 2 rings (SSSR count). The first-order valence-electron chi connectivity index (χ1n) is 11.8. The average molecular weight is 549 g/mol. The number of aryl methyl sites for hydroxylation is 1. The Bertz CT molecular complexity index is 1400. The number of carbonyl (C=O) groups excluding carboxylic acids is 4. The zero-order valence-corrected chi connectivity index (χ0v) is 21.6. The molecule has 2 aromatic heterocycles. The quantitative estimate of drug-likeness (QED) is 0.160. The van der Waals surface area contributed by atoms with E-state index in [1.807, 2.05) is 0 Å². The SMILES string of the molecule is Cc1cn(CC(=O)N(CC(N)=O)C[C@H](C)NC(=O)CN(CCN)C(=O)Cn2ccc(N)nc2=O)c(=O)[nH]c1=O. The molecule has 0 radical (unpaired) electrons. The fourth-order valence-electron chi connectivity index (χ4n) is 3.55. The Morgan fingerprint density at radius 2 is 1.72 bits per heavy atom. The minimum atomic E-state index is -0.820. The van der Waals surface area contributed by atoms with Crippen molar-refractivity contribution in [3.05, 3.63) is 55.3 Å². The third kappa shape index (κ3) is 9.22. The highest BCUT2D eigenvalue weighted by Gasteiger charge is 2.23. The van der Waals surface area contributed by atoms with Crippen molar-refractivity contribution < 1.29 is 19.2 Å². The average Bonchev–Trinajstić information content (AvgIpc) is 2.83. The van der Waals surface area contributed by atoms with Crippen LogP contribution in [0.5, 0.6) is 0 Å². The molecule has 4 amide bonds. The summed E-state index contributed by atoms with van der Waals surface area (Å²) in [4.78, 5) is 93.1. The van der Waals surface area contributed by atoms with Crippen molar-refractivity contribution in [2.75, 3.05) is 38.5 Å². The van der Waals surface area contributed by atoms with E-state index < -0.39 is 66.2 Å². The molecule has 0 aliphatic heterocycles. The van der Waals surface area contributed by atoms with Gasteiger partial charge in [-0.15, -0.1) is 0 Å². The molecule has 8 N–H and O–H groups in total. The van der Waals surface area contributed by atoms with Crippen molar-refractivity contribution in [1.82, 2.24) is 34.2 Å². The molecular weight excluding hydrogens is 516 g/mol. The summed E-state index contributed by atoms with van der Waals surface area (Å²) < 4.78 is 2.01. The van der Waals surface area contributed by atoms with Crippen LogP contribution in [0.25, 0.3) is 0 Å². The number of hydrogen-bond acceptors (Lipinski definition) is 10. The zero-order chi connectivity index (χ0) is 29.3. The topological polar surface area (TPSA) is 255 Å².